The summed E-state index contributed by atoms with van der Waals surface area (Å²) in [6.07, 6.45) is 0.988. The van der Waals surface area contributed by atoms with Crippen molar-refractivity contribution in [1.29, 1.82) is 0 Å². The molecule has 1 atom stereocenters. The van der Waals surface area contributed by atoms with Gasteiger partial charge in [-0.2, -0.15) is 0 Å². The van der Waals surface area contributed by atoms with Crippen LogP contribution < -0.4 is 5.32 Å². The van der Waals surface area contributed by atoms with Crippen LogP contribution in [0.25, 0.3) is 0 Å². The second kappa shape index (κ2) is 6.48. The summed E-state index contributed by atoms with van der Waals surface area (Å²) in [7, 11) is 0. The van der Waals surface area contributed by atoms with Gasteiger partial charge in [0.2, 0.25) is 5.91 Å². The van der Waals surface area contributed by atoms with Crippen molar-refractivity contribution in [1.82, 2.24) is 5.32 Å². The largest absolute Gasteiger partial charge is 0.466 e. The lowest BCUT2D eigenvalue weighted by Gasteiger charge is -2.08. The SMILES string of the molecule is O=C1CC(=O)[C@H](CCC(=O)OCCCCl)N1. The molecule has 1 heterocycles. The molecule has 0 aromatic carbocycles. The summed E-state index contributed by atoms with van der Waals surface area (Å²) >= 11 is 5.42. The molecule has 1 rings (SSSR count). The second-order valence-electron chi connectivity index (χ2n) is 3.56. The Morgan fingerprint density at radius 3 is 2.81 bits per heavy atom. The Kier molecular flexibility index (Phi) is 5.25. The van der Waals surface area contributed by atoms with Crippen LogP contribution in [0.3, 0.4) is 0 Å². The maximum atomic E-state index is 11.2. The highest BCUT2D eigenvalue weighted by atomic mass is 35.5. The van der Waals surface area contributed by atoms with Crippen molar-refractivity contribution in [2.24, 2.45) is 0 Å². The van der Waals surface area contributed by atoms with Crippen LogP contribution in [0.1, 0.15) is 25.7 Å². The number of Topliss-reactive ketones (excluding diaryl/α,β-unsaturated/α-hetero) is 1. The van der Waals surface area contributed by atoms with Crippen molar-refractivity contribution < 1.29 is 19.1 Å². The summed E-state index contributed by atoms with van der Waals surface area (Å²) in [5, 5.41) is 2.51. The van der Waals surface area contributed by atoms with Crippen LogP contribution in [0.5, 0.6) is 0 Å². The number of alkyl halides is 1. The Labute approximate surface area is 98.5 Å². The zero-order valence-corrected chi connectivity index (χ0v) is 9.59. The number of halogens is 1. The molecular formula is C10H14ClNO4. The zero-order chi connectivity index (χ0) is 12.0. The minimum atomic E-state index is -0.520. The normalized spacial score (nSPS) is 19.7. The Bertz CT molecular complexity index is 293. The lowest BCUT2D eigenvalue weighted by Crippen LogP contribution is -2.29. The first kappa shape index (κ1) is 13.0. The molecule has 0 aromatic heterocycles. The quantitative estimate of drug-likeness (QED) is 0.319. The van der Waals surface area contributed by atoms with Crippen molar-refractivity contribution >= 4 is 29.3 Å². The van der Waals surface area contributed by atoms with Gasteiger partial charge in [-0.3, -0.25) is 14.4 Å². The molecule has 0 bridgehead atoms. The molecule has 1 N–H and O–H groups in total. The molecule has 5 nitrogen and oxygen atoms in total. The molecule has 0 radical (unpaired) electrons. The van der Waals surface area contributed by atoms with Gasteiger partial charge in [0.25, 0.3) is 0 Å². The topological polar surface area (TPSA) is 72.5 Å². The summed E-state index contributed by atoms with van der Waals surface area (Å²) in [4.78, 5) is 33.2. The van der Waals surface area contributed by atoms with Crippen LogP contribution in [0.2, 0.25) is 0 Å². The third-order valence-corrected chi connectivity index (χ3v) is 2.50. The van der Waals surface area contributed by atoms with E-state index in [0.29, 0.717) is 25.3 Å². The van der Waals surface area contributed by atoms with E-state index in [9.17, 15) is 14.4 Å². The summed E-state index contributed by atoms with van der Waals surface area (Å²) in [6, 6.07) is -0.520. The molecule has 16 heavy (non-hydrogen) atoms. The molecule has 0 aliphatic carbocycles. The molecule has 1 aliphatic rings. The van der Waals surface area contributed by atoms with Gasteiger partial charge < -0.3 is 10.1 Å². The first-order valence-electron chi connectivity index (χ1n) is 5.17. The van der Waals surface area contributed by atoms with Gasteiger partial charge in [-0.05, 0) is 12.8 Å². The van der Waals surface area contributed by atoms with E-state index in [-0.39, 0.29) is 30.5 Å². The molecule has 1 aliphatic heterocycles. The average molecular weight is 248 g/mol. The number of carbonyl (C=O) groups excluding carboxylic acids is 3. The highest BCUT2D eigenvalue weighted by molar-refractivity contribution is 6.17. The Balaban J connectivity index is 2.16. The number of hydrogen-bond donors (Lipinski definition) is 1. The first-order valence-corrected chi connectivity index (χ1v) is 5.70. The van der Waals surface area contributed by atoms with Gasteiger partial charge >= 0.3 is 5.97 Å². The summed E-state index contributed by atoms with van der Waals surface area (Å²) in [5.74, 6) is -0.340. The molecule has 90 valence electrons. The predicted octanol–water partition coefficient (Wildman–Crippen LogP) is 0.396. The number of ether oxygens (including phenoxy) is 1. The number of nitrogens with one attached hydrogen (secondary N) is 1. The second-order valence-corrected chi connectivity index (χ2v) is 3.94. The Morgan fingerprint density at radius 1 is 1.50 bits per heavy atom. The standard InChI is InChI=1S/C10H14ClNO4/c11-4-1-5-16-10(15)3-2-7-8(13)6-9(14)12-7/h7H,1-6H2,(H,12,14)/t7-/m0/s1. The fraction of sp³-hybridized carbons (Fsp3) is 0.700. The van der Waals surface area contributed by atoms with E-state index in [0.717, 1.165) is 0 Å². The molecule has 0 unspecified atom stereocenters. The van der Waals surface area contributed by atoms with Crippen LogP contribution in [0.4, 0.5) is 0 Å². The van der Waals surface area contributed by atoms with Gasteiger partial charge in [-0.1, -0.05) is 0 Å². The van der Waals surface area contributed by atoms with Crippen LogP contribution >= 0.6 is 11.6 Å². The summed E-state index contributed by atoms with van der Waals surface area (Å²) < 4.78 is 4.86. The van der Waals surface area contributed by atoms with Gasteiger partial charge in [0.05, 0.1) is 19.1 Å². The van der Waals surface area contributed by atoms with Crippen LogP contribution in [0, 0.1) is 0 Å². The monoisotopic (exact) mass is 247 g/mol. The van der Waals surface area contributed by atoms with Crippen LogP contribution in [-0.2, 0) is 19.1 Å². The molecule has 1 fully saturated rings. The van der Waals surface area contributed by atoms with Gasteiger partial charge in [-0.15, -0.1) is 11.6 Å². The van der Waals surface area contributed by atoms with E-state index in [1.54, 1.807) is 0 Å². The third-order valence-electron chi connectivity index (χ3n) is 2.24. The molecule has 1 saturated heterocycles. The number of rotatable bonds is 6. The van der Waals surface area contributed by atoms with Gasteiger partial charge in [0.15, 0.2) is 5.78 Å². The third kappa shape index (κ3) is 4.18. The number of carbonyl (C=O) groups is 3. The zero-order valence-electron chi connectivity index (χ0n) is 8.83. The first-order chi connectivity index (χ1) is 7.63. The maximum Gasteiger partial charge on any atom is 0.305 e. The van der Waals surface area contributed by atoms with Crippen molar-refractivity contribution in [3.05, 3.63) is 0 Å². The van der Waals surface area contributed by atoms with E-state index in [1.165, 1.54) is 0 Å². The van der Waals surface area contributed by atoms with Gasteiger partial charge in [0, 0.05) is 12.3 Å². The van der Waals surface area contributed by atoms with E-state index in [4.69, 9.17) is 16.3 Å². The predicted molar refractivity (Wildman–Crippen MR) is 57.1 cm³/mol. The summed E-state index contributed by atoms with van der Waals surface area (Å²) in [5.41, 5.74) is 0. The van der Waals surface area contributed by atoms with Crippen molar-refractivity contribution in [2.45, 2.75) is 31.7 Å². The highest BCUT2D eigenvalue weighted by Crippen LogP contribution is 2.09. The van der Waals surface area contributed by atoms with E-state index >= 15 is 0 Å². The summed E-state index contributed by atoms with van der Waals surface area (Å²) in [6.45, 7) is 0.299. The Hall–Kier alpha value is -1.10. The maximum absolute atomic E-state index is 11.2. The molecule has 6 heteroatoms. The number of hydrogen-bond acceptors (Lipinski definition) is 4. The number of esters is 1. The van der Waals surface area contributed by atoms with Gasteiger partial charge in [-0.25, -0.2) is 0 Å². The fourth-order valence-electron chi connectivity index (χ4n) is 1.42. The van der Waals surface area contributed by atoms with Crippen LogP contribution in [0.15, 0.2) is 0 Å². The number of amides is 1. The van der Waals surface area contributed by atoms with Crippen molar-refractivity contribution in [3.63, 3.8) is 0 Å². The minimum absolute atomic E-state index is 0.0774. The van der Waals surface area contributed by atoms with E-state index < -0.39 is 6.04 Å². The molecular weight excluding hydrogens is 234 g/mol. The minimum Gasteiger partial charge on any atom is -0.466 e. The molecule has 1 amide bonds. The van der Waals surface area contributed by atoms with E-state index in [1.807, 2.05) is 0 Å². The smallest absolute Gasteiger partial charge is 0.305 e. The van der Waals surface area contributed by atoms with Crippen molar-refractivity contribution in [2.75, 3.05) is 12.5 Å². The van der Waals surface area contributed by atoms with Gasteiger partial charge in [0.1, 0.15) is 0 Å². The fourth-order valence-corrected chi connectivity index (χ4v) is 1.52. The van der Waals surface area contributed by atoms with Crippen LogP contribution in [-0.4, -0.2) is 36.2 Å². The van der Waals surface area contributed by atoms with E-state index in [2.05, 4.69) is 5.32 Å². The molecule has 0 aromatic rings. The lowest BCUT2D eigenvalue weighted by atomic mass is 10.1. The molecule has 0 spiro atoms. The lowest BCUT2D eigenvalue weighted by molar-refractivity contribution is -0.144. The highest BCUT2D eigenvalue weighted by Gasteiger charge is 2.29. The Morgan fingerprint density at radius 2 is 2.25 bits per heavy atom. The van der Waals surface area contributed by atoms with Crippen molar-refractivity contribution in [3.8, 4) is 0 Å². The number of ketones is 1. The average Bonchev–Trinajstić information content (AvgIpc) is 2.55. The molecule has 0 saturated carbocycles.